The van der Waals surface area contributed by atoms with Crippen LogP contribution in [0.25, 0.3) is 16.9 Å². The number of carboxylic acids is 1. The van der Waals surface area contributed by atoms with Crippen LogP contribution in [0.15, 0.2) is 49.1 Å². The summed E-state index contributed by atoms with van der Waals surface area (Å²) in [5, 5.41) is 9.21. The number of hydrogen-bond acceptors (Lipinski definition) is 8. The Hall–Kier alpha value is -4.19. The van der Waals surface area contributed by atoms with Gasteiger partial charge in [-0.25, -0.2) is 15.0 Å². The fourth-order valence-corrected chi connectivity index (χ4v) is 4.79. The van der Waals surface area contributed by atoms with Crippen molar-refractivity contribution in [3.05, 3.63) is 66.0 Å². The highest BCUT2D eigenvalue weighted by Crippen LogP contribution is 2.35. The second kappa shape index (κ2) is 10.7. The Bertz CT molecular complexity index is 1440. The third kappa shape index (κ3) is 4.99. The van der Waals surface area contributed by atoms with Crippen molar-refractivity contribution in [1.29, 1.82) is 0 Å². The van der Waals surface area contributed by atoms with Crippen LogP contribution in [0.5, 0.6) is 5.75 Å². The number of hydrogen-bond donors (Lipinski definition) is 1. The van der Waals surface area contributed by atoms with Crippen LogP contribution in [0, 0.1) is 12.8 Å². The number of carbonyl (C=O) groups is 1. The first-order valence-corrected chi connectivity index (χ1v) is 12.1. The Morgan fingerprint density at radius 3 is 2.47 bits per heavy atom. The first-order valence-electron chi connectivity index (χ1n) is 12.1. The van der Waals surface area contributed by atoms with Gasteiger partial charge in [-0.1, -0.05) is 18.2 Å². The van der Waals surface area contributed by atoms with Crippen LogP contribution in [0.4, 0.5) is 14.7 Å². The zero-order chi connectivity index (χ0) is 26.8. The van der Waals surface area contributed by atoms with Gasteiger partial charge < -0.3 is 19.5 Å². The van der Waals surface area contributed by atoms with Crippen molar-refractivity contribution < 1.29 is 28.2 Å². The fraction of sp³-hybridized carbons (Fsp3) is 0.346. The monoisotopic (exact) mass is 524 g/mol. The lowest BCUT2D eigenvalue weighted by Crippen LogP contribution is -2.37. The first kappa shape index (κ1) is 25.5. The molecular weight excluding hydrogens is 498 g/mol. The van der Waals surface area contributed by atoms with E-state index in [-0.39, 0.29) is 11.7 Å². The number of aromatic nitrogens is 5. The van der Waals surface area contributed by atoms with E-state index in [9.17, 15) is 18.7 Å². The highest BCUT2D eigenvalue weighted by molar-refractivity contribution is 5.70. The average molecular weight is 525 g/mol. The molecule has 1 N–H and O–H groups in total. The Kier molecular flexibility index (Phi) is 7.14. The number of rotatable bonds is 8. The number of para-hydroxylation sites is 1. The van der Waals surface area contributed by atoms with Gasteiger partial charge in [0.25, 0.3) is 0 Å². The van der Waals surface area contributed by atoms with Crippen molar-refractivity contribution in [3.8, 4) is 17.0 Å². The zero-order valence-electron chi connectivity index (χ0n) is 20.8. The summed E-state index contributed by atoms with van der Waals surface area (Å²) in [6.07, 6.45) is 7.10. The molecule has 0 radical (unpaired) electrons. The summed E-state index contributed by atoms with van der Waals surface area (Å²) >= 11 is 0. The number of carboxylic acid groups (broad SMARTS) is 1. The van der Waals surface area contributed by atoms with E-state index in [1.165, 1.54) is 13.2 Å². The number of ether oxygens (including phenoxy) is 2. The molecule has 1 saturated heterocycles. The second-order valence-electron chi connectivity index (χ2n) is 8.99. The van der Waals surface area contributed by atoms with Gasteiger partial charge in [0.1, 0.15) is 11.9 Å². The number of aliphatic carboxylic acids is 1. The molecule has 4 aromatic rings. The van der Waals surface area contributed by atoms with Crippen LogP contribution in [0.1, 0.15) is 35.9 Å². The number of halogens is 2. The molecule has 0 bridgehead atoms. The lowest BCUT2D eigenvalue weighted by Gasteiger charge is -2.29. The summed E-state index contributed by atoms with van der Waals surface area (Å²) in [4.78, 5) is 31.2. The Morgan fingerprint density at radius 1 is 1.11 bits per heavy atom. The van der Waals surface area contributed by atoms with Crippen molar-refractivity contribution >= 4 is 17.6 Å². The molecule has 0 spiro atoms. The van der Waals surface area contributed by atoms with Crippen LogP contribution in [-0.2, 0) is 9.53 Å². The van der Waals surface area contributed by atoms with Crippen molar-refractivity contribution in [2.24, 2.45) is 5.92 Å². The number of anilines is 1. The van der Waals surface area contributed by atoms with Crippen molar-refractivity contribution in [1.82, 2.24) is 24.3 Å². The van der Waals surface area contributed by atoms with Gasteiger partial charge in [0, 0.05) is 49.9 Å². The third-order valence-electron chi connectivity index (χ3n) is 6.69. The first-order chi connectivity index (χ1) is 18.4. The number of piperidine rings is 1. The molecule has 1 unspecified atom stereocenters. The van der Waals surface area contributed by atoms with Gasteiger partial charge in [-0.15, -0.1) is 0 Å². The SMILES string of the molecule is COC(c1ccccc1OC(F)F)c1c(C)nc2cnc(-c3cnc(N4CCC(C(=O)O)CC4)nc3)cn12. The minimum Gasteiger partial charge on any atom is -0.481 e. The number of fused-ring (bicyclic) bond motifs is 1. The molecule has 1 fully saturated rings. The number of alkyl halides is 2. The predicted octanol–water partition coefficient (Wildman–Crippen LogP) is 4.13. The largest absolute Gasteiger partial charge is 0.481 e. The van der Waals surface area contributed by atoms with Crippen LogP contribution >= 0.6 is 0 Å². The summed E-state index contributed by atoms with van der Waals surface area (Å²) in [6.45, 7) is -0.00393. The summed E-state index contributed by atoms with van der Waals surface area (Å²) in [7, 11) is 1.50. The Morgan fingerprint density at radius 2 is 1.82 bits per heavy atom. The second-order valence-corrected chi connectivity index (χ2v) is 8.99. The molecule has 4 heterocycles. The topological polar surface area (TPSA) is 115 Å². The molecule has 5 rings (SSSR count). The Balaban J connectivity index is 1.46. The quantitative estimate of drug-likeness (QED) is 0.363. The molecule has 3 aromatic heterocycles. The van der Waals surface area contributed by atoms with E-state index in [0.29, 0.717) is 65.7 Å². The van der Waals surface area contributed by atoms with Gasteiger partial charge in [-0.2, -0.15) is 8.78 Å². The summed E-state index contributed by atoms with van der Waals surface area (Å²) in [5.41, 5.74) is 3.56. The average Bonchev–Trinajstić information content (AvgIpc) is 3.25. The number of methoxy groups -OCH3 is 1. The number of benzene rings is 1. The molecule has 1 aromatic carbocycles. The maximum absolute atomic E-state index is 13.1. The van der Waals surface area contributed by atoms with E-state index < -0.39 is 18.7 Å². The number of nitrogens with zero attached hydrogens (tertiary/aromatic N) is 6. The highest BCUT2D eigenvalue weighted by Gasteiger charge is 2.27. The molecule has 1 aliphatic rings. The van der Waals surface area contributed by atoms with Gasteiger partial charge in [0.05, 0.1) is 29.2 Å². The number of imidazole rings is 1. The third-order valence-corrected chi connectivity index (χ3v) is 6.69. The molecule has 0 amide bonds. The predicted molar refractivity (Wildman–Crippen MR) is 133 cm³/mol. The van der Waals surface area contributed by atoms with E-state index in [1.807, 2.05) is 16.2 Å². The van der Waals surface area contributed by atoms with Crippen molar-refractivity contribution in [3.63, 3.8) is 0 Å². The summed E-state index contributed by atoms with van der Waals surface area (Å²) in [5.74, 6) is -0.543. The molecule has 0 aliphatic carbocycles. The molecule has 1 atom stereocenters. The number of aryl methyl sites for hydroxylation is 1. The molecule has 1 aliphatic heterocycles. The van der Waals surface area contributed by atoms with Gasteiger partial charge in [0.2, 0.25) is 5.95 Å². The molecular formula is C26H26F2N6O4. The Labute approximate surface area is 216 Å². The minimum absolute atomic E-state index is 0.0226. The van der Waals surface area contributed by atoms with E-state index in [2.05, 4.69) is 19.9 Å². The van der Waals surface area contributed by atoms with Crippen LogP contribution in [0.2, 0.25) is 0 Å². The summed E-state index contributed by atoms with van der Waals surface area (Å²) in [6, 6.07) is 6.50. The van der Waals surface area contributed by atoms with E-state index in [4.69, 9.17) is 9.47 Å². The van der Waals surface area contributed by atoms with Gasteiger partial charge in [-0.05, 0) is 25.8 Å². The van der Waals surface area contributed by atoms with Crippen LogP contribution < -0.4 is 9.64 Å². The molecule has 12 heteroatoms. The van der Waals surface area contributed by atoms with Crippen LogP contribution in [-0.4, -0.2) is 62.2 Å². The smallest absolute Gasteiger partial charge is 0.387 e. The standard InChI is InChI=1S/C26H26F2N6O4/c1-15-22(23(37-2)18-5-3-4-6-20(18)38-25(27)28)34-14-19(29-13-21(34)32-15)17-11-30-26(31-12-17)33-9-7-16(8-10-33)24(35)36/h3-6,11-14,16,23,25H,7-10H2,1-2H3,(H,35,36). The maximum atomic E-state index is 13.1. The van der Waals surface area contributed by atoms with Gasteiger partial charge in [-0.3, -0.25) is 14.2 Å². The van der Waals surface area contributed by atoms with Crippen molar-refractivity contribution in [2.45, 2.75) is 32.5 Å². The van der Waals surface area contributed by atoms with Gasteiger partial charge >= 0.3 is 12.6 Å². The minimum atomic E-state index is -2.97. The molecule has 198 valence electrons. The fourth-order valence-electron chi connectivity index (χ4n) is 4.79. The lowest BCUT2D eigenvalue weighted by atomic mass is 9.97. The lowest BCUT2D eigenvalue weighted by molar-refractivity contribution is -0.142. The van der Waals surface area contributed by atoms with E-state index >= 15 is 0 Å². The molecule has 38 heavy (non-hydrogen) atoms. The highest BCUT2D eigenvalue weighted by atomic mass is 19.3. The normalized spacial score (nSPS) is 15.2. The van der Waals surface area contributed by atoms with Crippen molar-refractivity contribution in [2.75, 3.05) is 25.1 Å². The maximum Gasteiger partial charge on any atom is 0.387 e. The van der Waals surface area contributed by atoms with E-state index in [0.717, 1.165) is 0 Å². The van der Waals surface area contributed by atoms with Gasteiger partial charge in [0.15, 0.2) is 5.65 Å². The van der Waals surface area contributed by atoms with Crippen LogP contribution in [0.3, 0.4) is 0 Å². The molecule has 10 nitrogen and oxygen atoms in total. The van der Waals surface area contributed by atoms with E-state index in [1.54, 1.807) is 43.0 Å². The zero-order valence-corrected chi connectivity index (χ0v) is 20.8. The molecule has 0 saturated carbocycles. The summed E-state index contributed by atoms with van der Waals surface area (Å²) < 4.78 is 38.4.